The smallest absolute Gasteiger partial charge is 0.256 e. The zero-order chi connectivity index (χ0) is 19.2. The first-order chi connectivity index (χ1) is 12.3. The third-order valence-corrected chi connectivity index (χ3v) is 4.64. The molecule has 0 atom stereocenters. The summed E-state index contributed by atoms with van der Waals surface area (Å²) in [5.41, 5.74) is 0.605. The van der Waals surface area contributed by atoms with E-state index in [4.69, 9.17) is 0 Å². The van der Waals surface area contributed by atoms with Crippen molar-refractivity contribution in [2.45, 2.75) is 13.3 Å². The van der Waals surface area contributed by atoms with Crippen LogP contribution in [0.25, 0.3) is 0 Å². The fourth-order valence-electron chi connectivity index (χ4n) is 2.76. The Labute approximate surface area is 154 Å². The van der Waals surface area contributed by atoms with Crippen molar-refractivity contribution in [3.05, 3.63) is 29.8 Å². The van der Waals surface area contributed by atoms with Crippen molar-refractivity contribution in [1.29, 1.82) is 0 Å². The van der Waals surface area contributed by atoms with Gasteiger partial charge >= 0.3 is 0 Å². The lowest BCUT2D eigenvalue weighted by Crippen LogP contribution is -2.51. The standard InChI is InChI=1S/C17H26N4O4S/c1-3-8-18-16(22)13-20-9-11-21(12-10-20)17(23)14-6-4-5-7-15(14)19-26(2,24)25/h4-7,19H,3,8-13H2,1-2H3,(H,18,22). The maximum absolute atomic E-state index is 12.8. The third kappa shape index (κ3) is 5.99. The molecule has 1 aliphatic heterocycles. The Hall–Kier alpha value is -2.13. The van der Waals surface area contributed by atoms with Gasteiger partial charge in [-0.25, -0.2) is 8.42 Å². The second-order valence-corrected chi connectivity index (χ2v) is 8.09. The van der Waals surface area contributed by atoms with Crippen LogP contribution in [0.3, 0.4) is 0 Å². The van der Waals surface area contributed by atoms with Crippen LogP contribution in [0.4, 0.5) is 5.69 Å². The van der Waals surface area contributed by atoms with Crippen LogP contribution in [0.15, 0.2) is 24.3 Å². The first kappa shape index (κ1) is 20.2. The Kier molecular flexibility index (Phi) is 6.98. The number of nitrogens with zero attached hydrogens (tertiary/aromatic N) is 2. The molecule has 1 aromatic carbocycles. The maximum atomic E-state index is 12.8. The molecule has 0 unspecified atom stereocenters. The highest BCUT2D eigenvalue weighted by molar-refractivity contribution is 7.92. The summed E-state index contributed by atoms with van der Waals surface area (Å²) in [6.07, 6.45) is 1.95. The molecular formula is C17H26N4O4S. The van der Waals surface area contributed by atoms with Gasteiger partial charge in [0.2, 0.25) is 15.9 Å². The number of hydrogen-bond acceptors (Lipinski definition) is 5. The molecule has 0 spiro atoms. The van der Waals surface area contributed by atoms with Crippen LogP contribution in [0.2, 0.25) is 0 Å². The van der Waals surface area contributed by atoms with Gasteiger partial charge in [-0.1, -0.05) is 19.1 Å². The minimum atomic E-state index is -3.47. The third-order valence-electron chi connectivity index (χ3n) is 4.05. The van der Waals surface area contributed by atoms with Gasteiger partial charge in [0, 0.05) is 32.7 Å². The zero-order valence-corrected chi connectivity index (χ0v) is 16.0. The van der Waals surface area contributed by atoms with Gasteiger partial charge in [0.1, 0.15) is 0 Å². The molecular weight excluding hydrogens is 356 g/mol. The van der Waals surface area contributed by atoms with E-state index in [1.54, 1.807) is 29.2 Å². The lowest BCUT2D eigenvalue weighted by molar-refractivity contribution is -0.122. The van der Waals surface area contributed by atoms with Crippen molar-refractivity contribution in [3.63, 3.8) is 0 Å². The van der Waals surface area contributed by atoms with Crippen molar-refractivity contribution in [3.8, 4) is 0 Å². The van der Waals surface area contributed by atoms with Crippen molar-refractivity contribution >= 4 is 27.5 Å². The maximum Gasteiger partial charge on any atom is 0.256 e. The van der Waals surface area contributed by atoms with Gasteiger partial charge in [-0.3, -0.25) is 19.2 Å². The topological polar surface area (TPSA) is 98.8 Å². The quantitative estimate of drug-likeness (QED) is 0.709. The highest BCUT2D eigenvalue weighted by Crippen LogP contribution is 2.19. The Balaban J connectivity index is 1.96. The van der Waals surface area contributed by atoms with Crippen LogP contribution >= 0.6 is 0 Å². The lowest BCUT2D eigenvalue weighted by Gasteiger charge is -2.34. The average Bonchev–Trinajstić information content (AvgIpc) is 2.59. The molecule has 2 rings (SSSR count). The van der Waals surface area contributed by atoms with E-state index in [2.05, 4.69) is 10.0 Å². The van der Waals surface area contributed by atoms with Gasteiger partial charge in [-0.05, 0) is 18.6 Å². The summed E-state index contributed by atoms with van der Waals surface area (Å²) in [6, 6.07) is 6.56. The van der Waals surface area contributed by atoms with Crippen molar-refractivity contribution in [1.82, 2.24) is 15.1 Å². The number of sulfonamides is 1. The first-order valence-electron chi connectivity index (χ1n) is 8.65. The van der Waals surface area contributed by atoms with Gasteiger partial charge in [-0.2, -0.15) is 0 Å². The summed E-state index contributed by atoms with van der Waals surface area (Å²) < 4.78 is 25.4. The molecule has 1 fully saturated rings. The molecule has 0 aliphatic carbocycles. The van der Waals surface area contributed by atoms with Gasteiger partial charge in [0.25, 0.3) is 5.91 Å². The van der Waals surface area contributed by atoms with E-state index in [-0.39, 0.29) is 17.5 Å². The molecule has 0 saturated carbocycles. The minimum Gasteiger partial charge on any atom is -0.355 e. The fraction of sp³-hybridized carbons (Fsp3) is 0.529. The highest BCUT2D eigenvalue weighted by atomic mass is 32.2. The van der Waals surface area contributed by atoms with E-state index >= 15 is 0 Å². The number of nitrogens with one attached hydrogen (secondary N) is 2. The van der Waals surface area contributed by atoms with Gasteiger partial charge in [-0.15, -0.1) is 0 Å². The number of hydrogen-bond donors (Lipinski definition) is 2. The second-order valence-electron chi connectivity index (χ2n) is 6.34. The summed E-state index contributed by atoms with van der Waals surface area (Å²) in [5, 5.41) is 2.84. The number of para-hydroxylation sites is 1. The van der Waals surface area contributed by atoms with Crippen LogP contribution in [0.1, 0.15) is 23.7 Å². The molecule has 26 heavy (non-hydrogen) atoms. The number of benzene rings is 1. The number of amides is 2. The summed E-state index contributed by atoms with van der Waals surface area (Å²) >= 11 is 0. The van der Waals surface area contributed by atoms with Crippen molar-refractivity contribution in [2.75, 3.05) is 50.2 Å². The number of carbonyl (C=O) groups is 2. The van der Waals surface area contributed by atoms with E-state index < -0.39 is 10.0 Å². The summed E-state index contributed by atoms with van der Waals surface area (Å²) in [5.74, 6) is -0.221. The Morgan fingerprint density at radius 3 is 2.38 bits per heavy atom. The predicted molar refractivity (Wildman–Crippen MR) is 101 cm³/mol. The van der Waals surface area contributed by atoms with Gasteiger partial charge in [0.15, 0.2) is 0 Å². The Bertz CT molecular complexity index is 743. The second kappa shape index (κ2) is 9.00. The van der Waals surface area contributed by atoms with E-state index in [1.807, 2.05) is 11.8 Å². The van der Waals surface area contributed by atoms with Crippen molar-refractivity contribution in [2.24, 2.45) is 0 Å². The lowest BCUT2D eigenvalue weighted by atomic mass is 10.1. The number of piperazine rings is 1. The number of carbonyl (C=O) groups excluding carboxylic acids is 2. The van der Waals surface area contributed by atoms with Crippen LogP contribution in [0, 0.1) is 0 Å². The molecule has 1 aliphatic rings. The van der Waals surface area contributed by atoms with Crippen LogP contribution in [-0.2, 0) is 14.8 Å². The van der Waals surface area contributed by atoms with Crippen molar-refractivity contribution < 1.29 is 18.0 Å². The van der Waals surface area contributed by atoms with Crippen LogP contribution < -0.4 is 10.0 Å². The highest BCUT2D eigenvalue weighted by Gasteiger charge is 2.25. The van der Waals surface area contributed by atoms with E-state index in [1.165, 1.54) is 0 Å². The fourth-order valence-corrected chi connectivity index (χ4v) is 3.34. The average molecular weight is 382 g/mol. The summed E-state index contributed by atoms with van der Waals surface area (Å²) in [4.78, 5) is 28.2. The first-order valence-corrected chi connectivity index (χ1v) is 10.5. The minimum absolute atomic E-state index is 0.00526. The molecule has 0 bridgehead atoms. The van der Waals surface area contributed by atoms with Crippen LogP contribution in [-0.4, -0.2) is 75.6 Å². The van der Waals surface area contributed by atoms with E-state index in [0.717, 1.165) is 12.7 Å². The van der Waals surface area contributed by atoms with E-state index in [0.29, 0.717) is 44.8 Å². The largest absolute Gasteiger partial charge is 0.355 e. The molecule has 9 heteroatoms. The molecule has 8 nitrogen and oxygen atoms in total. The number of anilines is 1. The molecule has 1 aromatic rings. The molecule has 1 saturated heterocycles. The molecule has 0 aromatic heterocycles. The molecule has 0 radical (unpaired) electrons. The molecule has 1 heterocycles. The normalized spacial score (nSPS) is 15.5. The molecule has 2 amide bonds. The van der Waals surface area contributed by atoms with Crippen LogP contribution in [0.5, 0.6) is 0 Å². The predicted octanol–water partition coefficient (Wildman–Crippen LogP) is 0.342. The van der Waals surface area contributed by atoms with E-state index in [9.17, 15) is 18.0 Å². The van der Waals surface area contributed by atoms with Gasteiger partial charge in [0.05, 0.1) is 24.1 Å². The monoisotopic (exact) mass is 382 g/mol. The Morgan fingerprint density at radius 2 is 1.77 bits per heavy atom. The number of rotatable bonds is 7. The van der Waals surface area contributed by atoms with Gasteiger partial charge < -0.3 is 10.2 Å². The summed E-state index contributed by atoms with van der Waals surface area (Å²) in [7, 11) is -3.47. The molecule has 144 valence electrons. The summed E-state index contributed by atoms with van der Waals surface area (Å²) in [6.45, 7) is 5.19. The zero-order valence-electron chi connectivity index (χ0n) is 15.2. The molecule has 2 N–H and O–H groups in total. The Morgan fingerprint density at radius 1 is 1.12 bits per heavy atom. The SMILES string of the molecule is CCCNC(=O)CN1CCN(C(=O)c2ccccc2NS(C)(=O)=O)CC1.